The molecule has 1 amide bonds. The van der Waals surface area contributed by atoms with Crippen LogP contribution < -0.4 is 16.0 Å². The third-order valence-corrected chi connectivity index (χ3v) is 6.24. The number of carbonyl (C=O) groups excluding carboxylic acids is 1. The van der Waals surface area contributed by atoms with Crippen LogP contribution in [0.1, 0.15) is 12.8 Å². The summed E-state index contributed by atoms with van der Waals surface area (Å²) in [6, 6.07) is 14.2. The number of carbonyl (C=O) groups is 1. The van der Waals surface area contributed by atoms with E-state index in [1.165, 1.54) is 18.5 Å². The summed E-state index contributed by atoms with van der Waals surface area (Å²) >= 11 is 0. The highest BCUT2D eigenvalue weighted by atomic mass is 19.1. The highest BCUT2D eigenvalue weighted by Gasteiger charge is 2.49. The van der Waals surface area contributed by atoms with Gasteiger partial charge in [-0.05, 0) is 49.2 Å². The molecule has 3 N–H and O–H groups in total. The SMILES string of the molecule is C=CC(=O)N(CC1(n2nc(-c3ccc(F)c(NC)c3)c3c(N)ncnc32)CC1)c1ccccc1. The number of benzene rings is 2. The Balaban J connectivity index is 1.64. The van der Waals surface area contributed by atoms with Crippen LogP contribution in [-0.2, 0) is 10.3 Å². The van der Waals surface area contributed by atoms with Gasteiger partial charge in [-0.15, -0.1) is 0 Å². The average molecular weight is 458 g/mol. The zero-order chi connectivity index (χ0) is 23.9. The standard InChI is InChI=1S/C25H24FN7O/c1-3-20(34)32(17-7-5-4-6-8-17)14-25(11-12-25)33-24-21(23(27)29-15-30-24)22(31-33)16-9-10-18(26)19(13-16)28-2/h3-10,13,15,28H,1,11-12,14H2,2H3,(H2,27,29,30). The van der Waals surface area contributed by atoms with Crippen LogP contribution in [0, 0.1) is 5.82 Å². The fourth-order valence-corrected chi connectivity index (χ4v) is 4.26. The highest BCUT2D eigenvalue weighted by Crippen LogP contribution is 2.47. The van der Waals surface area contributed by atoms with Crippen LogP contribution in [0.25, 0.3) is 22.3 Å². The summed E-state index contributed by atoms with van der Waals surface area (Å²) < 4.78 is 16.0. The van der Waals surface area contributed by atoms with Crippen LogP contribution in [0.3, 0.4) is 0 Å². The molecule has 0 unspecified atom stereocenters. The van der Waals surface area contributed by atoms with Gasteiger partial charge in [0, 0.05) is 18.3 Å². The molecule has 0 bridgehead atoms. The van der Waals surface area contributed by atoms with E-state index in [2.05, 4.69) is 21.9 Å². The zero-order valence-electron chi connectivity index (χ0n) is 18.7. The molecule has 0 saturated heterocycles. The van der Waals surface area contributed by atoms with E-state index in [4.69, 9.17) is 10.8 Å². The first kappa shape index (κ1) is 21.6. The number of amides is 1. The lowest BCUT2D eigenvalue weighted by molar-refractivity contribution is -0.114. The summed E-state index contributed by atoms with van der Waals surface area (Å²) in [4.78, 5) is 23.2. The number of nitrogen functional groups attached to an aromatic ring is 1. The zero-order valence-corrected chi connectivity index (χ0v) is 18.7. The Bertz CT molecular complexity index is 1400. The third kappa shape index (κ3) is 3.55. The third-order valence-electron chi connectivity index (χ3n) is 6.24. The fourth-order valence-electron chi connectivity index (χ4n) is 4.26. The predicted molar refractivity (Wildman–Crippen MR) is 131 cm³/mol. The molecule has 5 rings (SSSR count). The Labute approximate surface area is 195 Å². The van der Waals surface area contributed by atoms with Crippen LogP contribution in [0.2, 0.25) is 0 Å². The lowest BCUT2D eigenvalue weighted by Gasteiger charge is -2.27. The van der Waals surface area contributed by atoms with Crippen LogP contribution in [0.4, 0.5) is 21.6 Å². The molecular weight excluding hydrogens is 433 g/mol. The van der Waals surface area contributed by atoms with E-state index in [1.807, 2.05) is 35.0 Å². The Morgan fingerprint density at radius 1 is 1.26 bits per heavy atom. The summed E-state index contributed by atoms with van der Waals surface area (Å²) in [6.07, 6.45) is 4.34. The van der Waals surface area contributed by atoms with Crippen LogP contribution >= 0.6 is 0 Å². The van der Waals surface area contributed by atoms with Gasteiger partial charge in [0.05, 0.1) is 23.2 Å². The van der Waals surface area contributed by atoms with Gasteiger partial charge in [0.1, 0.15) is 23.7 Å². The van der Waals surface area contributed by atoms with E-state index < -0.39 is 5.54 Å². The maximum atomic E-state index is 14.1. The minimum atomic E-state index is -0.461. The van der Waals surface area contributed by atoms with Crippen LogP contribution in [0.15, 0.2) is 67.5 Å². The van der Waals surface area contributed by atoms with Gasteiger partial charge in [0.15, 0.2) is 5.65 Å². The minimum Gasteiger partial charge on any atom is -0.386 e. The number of hydrogen-bond acceptors (Lipinski definition) is 6. The van der Waals surface area contributed by atoms with E-state index in [0.29, 0.717) is 40.3 Å². The lowest BCUT2D eigenvalue weighted by Crippen LogP contribution is -2.39. The molecular formula is C25H24FN7O. The summed E-state index contributed by atoms with van der Waals surface area (Å²) in [6.45, 7) is 4.07. The molecule has 1 saturated carbocycles. The maximum Gasteiger partial charge on any atom is 0.250 e. The average Bonchev–Trinajstić information content (AvgIpc) is 3.54. The summed E-state index contributed by atoms with van der Waals surface area (Å²) in [7, 11) is 1.66. The smallest absolute Gasteiger partial charge is 0.250 e. The first-order valence-electron chi connectivity index (χ1n) is 10.9. The van der Waals surface area contributed by atoms with Crippen molar-refractivity contribution in [3.63, 3.8) is 0 Å². The van der Waals surface area contributed by atoms with E-state index in [0.717, 1.165) is 18.5 Å². The molecule has 2 aromatic heterocycles. The molecule has 4 aromatic rings. The molecule has 2 heterocycles. The first-order valence-corrected chi connectivity index (χ1v) is 10.9. The molecule has 172 valence electrons. The summed E-state index contributed by atoms with van der Waals surface area (Å²) in [5.41, 5.74) is 8.76. The molecule has 0 spiro atoms. The molecule has 8 nitrogen and oxygen atoms in total. The predicted octanol–water partition coefficient (Wildman–Crippen LogP) is 3.96. The molecule has 34 heavy (non-hydrogen) atoms. The molecule has 0 aliphatic heterocycles. The normalized spacial score (nSPS) is 14.1. The number of nitrogens with zero attached hydrogens (tertiary/aromatic N) is 5. The Kier molecular flexibility index (Phi) is 5.24. The van der Waals surface area contributed by atoms with Gasteiger partial charge < -0.3 is 16.0 Å². The Morgan fingerprint density at radius 2 is 2.03 bits per heavy atom. The van der Waals surface area contributed by atoms with Crippen molar-refractivity contribution < 1.29 is 9.18 Å². The van der Waals surface area contributed by atoms with Crippen molar-refractivity contribution in [1.29, 1.82) is 0 Å². The van der Waals surface area contributed by atoms with E-state index in [9.17, 15) is 9.18 Å². The second-order valence-corrected chi connectivity index (χ2v) is 8.35. The molecule has 1 aliphatic rings. The van der Waals surface area contributed by atoms with Crippen molar-refractivity contribution in [1.82, 2.24) is 19.7 Å². The number of nitrogens with two attached hydrogens (primary N) is 1. The van der Waals surface area contributed by atoms with Gasteiger partial charge >= 0.3 is 0 Å². The van der Waals surface area contributed by atoms with Crippen LogP contribution in [0.5, 0.6) is 0 Å². The van der Waals surface area contributed by atoms with E-state index >= 15 is 0 Å². The summed E-state index contributed by atoms with van der Waals surface area (Å²) in [5, 5.41) is 8.37. The second-order valence-electron chi connectivity index (χ2n) is 8.35. The highest BCUT2D eigenvalue weighted by molar-refractivity contribution is 6.01. The number of rotatable bonds is 7. The number of aromatic nitrogens is 4. The maximum absolute atomic E-state index is 14.1. The number of fused-ring (bicyclic) bond motifs is 1. The first-order chi connectivity index (χ1) is 16.5. The second kappa shape index (κ2) is 8.26. The van der Waals surface area contributed by atoms with Gasteiger partial charge in [-0.3, -0.25) is 4.79 Å². The number of nitrogens with one attached hydrogen (secondary N) is 1. The van der Waals surface area contributed by atoms with Crippen molar-refractivity contribution in [2.24, 2.45) is 0 Å². The van der Waals surface area contributed by atoms with Crippen molar-refractivity contribution in [2.75, 3.05) is 29.5 Å². The Morgan fingerprint density at radius 3 is 2.71 bits per heavy atom. The van der Waals surface area contributed by atoms with Crippen LogP contribution in [-0.4, -0.2) is 39.2 Å². The quantitative estimate of drug-likeness (QED) is 0.407. The topological polar surface area (TPSA) is 102 Å². The van der Waals surface area contributed by atoms with Gasteiger partial charge in [0.25, 0.3) is 0 Å². The monoisotopic (exact) mass is 457 g/mol. The van der Waals surface area contributed by atoms with Crippen molar-refractivity contribution in [3.8, 4) is 11.3 Å². The van der Waals surface area contributed by atoms with E-state index in [1.54, 1.807) is 24.1 Å². The molecule has 0 radical (unpaired) electrons. The van der Waals surface area contributed by atoms with Crippen molar-refractivity contribution in [2.45, 2.75) is 18.4 Å². The largest absolute Gasteiger partial charge is 0.386 e. The Hall–Kier alpha value is -4.27. The minimum absolute atomic E-state index is 0.194. The number of halogens is 1. The van der Waals surface area contributed by atoms with Crippen molar-refractivity contribution >= 4 is 34.1 Å². The number of hydrogen-bond donors (Lipinski definition) is 2. The van der Waals surface area contributed by atoms with Crippen molar-refractivity contribution in [3.05, 3.63) is 73.3 Å². The number of para-hydroxylation sites is 1. The number of anilines is 3. The fraction of sp³-hybridized carbons (Fsp3) is 0.200. The van der Waals surface area contributed by atoms with Gasteiger partial charge in [-0.2, -0.15) is 5.10 Å². The van der Waals surface area contributed by atoms with Gasteiger partial charge in [-0.25, -0.2) is 19.0 Å². The van der Waals surface area contributed by atoms with Gasteiger partial charge in [0.2, 0.25) is 5.91 Å². The molecule has 9 heteroatoms. The molecule has 1 fully saturated rings. The molecule has 0 atom stereocenters. The van der Waals surface area contributed by atoms with Gasteiger partial charge in [-0.1, -0.05) is 24.8 Å². The molecule has 1 aliphatic carbocycles. The molecule has 2 aromatic carbocycles. The van der Waals surface area contributed by atoms with E-state index in [-0.39, 0.29) is 11.7 Å². The summed E-state index contributed by atoms with van der Waals surface area (Å²) in [5.74, 6) is -0.265. The lowest BCUT2D eigenvalue weighted by atomic mass is 10.1.